The molecule has 0 amide bonds. The average Bonchev–Trinajstić information content (AvgIpc) is 2.99. The molecule has 4 rings (SSSR count). The molecule has 228 valence electrons. The third kappa shape index (κ3) is 8.36. The van der Waals surface area contributed by atoms with Gasteiger partial charge in [-0.05, 0) is 36.5 Å². The zero-order chi connectivity index (χ0) is 29.7. The Bertz CT molecular complexity index is 1150. The Balaban J connectivity index is 1.76. The van der Waals surface area contributed by atoms with E-state index in [4.69, 9.17) is 31.4 Å². The summed E-state index contributed by atoms with van der Waals surface area (Å²) in [7, 11) is 0. The number of benzene rings is 1. The van der Waals surface area contributed by atoms with Crippen LogP contribution in [-0.2, 0) is 0 Å². The zero-order valence-electron chi connectivity index (χ0n) is 25.4. The van der Waals surface area contributed by atoms with Crippen molar-refractivity contribution in [3.05, 3.63) is 59.4 Å². The van der Waals surface area contributed by atoms with E-state index in [0.717, 1.165) is 90.0 Å². The minimum atomic E-state index is 0.243. The number of hydrogen-bond donors (Lipinski definition) is 4. The maximum absolute atomic E-state index is 5.86. The van der Waals surface area contributed by atoms with Crippen molar-refractivity contribution in [1.82, 2.24) is 19.9 Å². The number of hydrogen-bond acceptors (Lipinski definition) is 10. The minimum absolute atomic E-state index is 0.243. The Labute approximate surface area is 260 Å². The lowest BCUT2D eigenvalue weighted by Crippen LogP contribution is -2.42. The van der Waals surface area contributed by atoms with E-state index in [2.05, 4.69) is 73.9 Å². The lowest BCUT2D eigenvalue weighted by atomic mass is 9.51. The van der Waals surface area contributed by atoms with Gasteiger partial charge in [0.05, 0.1) is 11.4 Å². The van der Waals surface area contributed by atoms with E-state index < -0.39 is 0 Å². The van der Waals surface area contributed by atoms with Crippen molar-refractivity contribution in [2.75, 3.05) is 48.3 Å². The predicted molar refractivity (Wildman–Crippen MR) is 179 cm³/mol. The van der Waals surface area contributed by atoms with E-state index in [-0.39, 0.29) is 17.8 Å². The second kappa shape index (κ2) is 17.0. The number of aromatic nitrogens is 4. The molecule has 8 nitrogen and oxygen atoms in total. The quantitative estimate of drug-likeness (QED) is 0.0723. The van der Waals surface area contributed by atoms with Gasteiger partial charge in [-0.1, -0.05) is 70.4 Å². The largest absolute Gasteiger partial charge is 0.354 e. The number of nitrogens with zero attached hydrogens (tertiary/aromatic N) is 4. The summed E-state index contributed by atoms with van der Waals surface area (Å²) in [5, 5.41) is 8.94. The lowest BCUT2D eigenvalue weighted by molar-refractivity contribution is 0.143. The number of anilines is 2. The molecule has 0 bridgehead atoms. The Kier molecular flexibility index (Phi) is 13.2. The van der Waals surface area contributed by atoms with Crippen LogP contribution < -0.4 is 22.1 Å². The van der Waals surface area contributed by atoms with Gasteiger partial charge >= 0.3 is 0 Å². The van der Waals surface area contributed by atoms with Gasteiger partial charge in [0.2, 0.25) is 11.9 Å². The van der Waals surface area contributed by atoms with E-state index in [1.807, 2.05) is 0 Å². The number of nitrogens with two attached hydrogens (primary N) is 2. The van der Waals surface area contributed by atoms with Crippen molar-refractivity contribution in [2.24, 2.45) is 17.4 Å². The van der Waals surface area contributed by atoms with Gasteiger partial charge < -0.3 is 22.1 Å². The molecule has 0 aliphatic heterocycles. The third-order valence-electron chi connectivity index (χ3n) is 7.84. The highest BCUT2D eigenvalue weighted by Gasteiger charge is 2.53. The molecule has 1 aromatic carbocycles. The standard InChI is InChI=1S/C32H48N8S2/c1-4-7-16-35-31-37-24(20-26(39-31)41-18-14-33)29-23(6-3)30(28(29)22-12-10-9-11-13-22)25-21-27(42-19-15-34)40-32(38-25)36-17-8-5-2/h9-13,20-21,23,28-30H,4-8,14-19,33-34H2,1-3H3,(H,35,37,39)(H,36,38,40). The third-order valence-corrected chi connectivity index (χ3v) is 9.73. The van der Waals surface area contributed by atoms with Crippen LogP contribution in [0, 0.1) is 5.92 Å². The maximum atomic E-state index is 5.86. The molecule has 2 aromatic heterocycles. The highest BCUT2D eigenvalue weighted by atomic mass is 32.2. The molecule has 1 aliphatic rings. The van der Waals surface area contributed by atoms with Crippen molar-refractivity contribution in [3.8, 4) is 0 Å². The fraction of sp³-hybridized carbons (Fsp3) is 0.562. The highest BCUT2D eigenvalue weighted by Crippen LogP contribution is 2.63. The topological polar surface area (TPSA) is 128 Å². The van der Waals surface area contributed by atoms with Gasteiger partial charge in [-0.3, -0.25) is 0 Å². The summed E-state index contributed by atoms with van der Waals surface area (Å²) < 4.78 is 0. The van der Waals surface area contributed by atoms with Gasteiger partial charge in [-0.25, -0.2) is 19.9 Å². The van der Waals surface area contributed by atoms with E-state index in [0.29, 0.717) is 19.0 Å². The van der Waals surface area contributed by atoms with E-state index in [1.54, 1.807) is 23.5 Å². The zero-order valence-corrected chi connectivity index (χ0v) is 27.0. The fourth-order valence-corrected chi connectivity index (χ4v) is 7.22. The number of unbranched alkanes of at least 4 members (excludes halogenated alkanes) is 2. The summed E-state index contributed by atoms with van der Waals surface area (Å²) in [6.45, 7) is 9.66. The first-order valence-electron chi connectivity index (χ1n) is 15.6. The fourth-order valence-electron chi connectivity index (χ4n) is 5.85. The van der Waals surface area contributed by atoms with Crippen LogP contribution in [0.25, 0.3) is 0 Å². The van der Waals surface area contributed by atoms with Crippen LogP contribution >= 0.6 is 23.5 Å². The molecule has 1 fully saturated rings. The Morgan fingerprint density at radius 2 is 1.19 bits per heavy atom. The van der Waals surface area contributed by atoms with Gasteiger partial charge in [0.1, 0.15) is 10.1 Å². The number of rotatable bonds is 18. The molecule has 2 atom stereocenters. The molecule has 3 aromatic rings. The molecule has 42 heavy (non-hydrogen) atoms. The first-order valence-corrected chi connectivity index (χ1v) is 17.6. The van der Waals surface area contributed by atoms with E-state index >= 15 is 0 Å². The lowest BCUT2D eigenvalue weighted by Gasteiger charge is -2.52. The summed E-state index contributed by atoms with van der Waals surface area (Å²) in [6.07, 6.45) is 5.45. The monoisotopic (exact) mass is 608 g/mol. The molecule has 0 spiro atoms. The van der Waals surface area contributed by atoms with Crippen molar-refractivity contribution in [2.45, 2.75) is 80.7 Å². The molecule has 6 N–H and O–H groups in total. The van der Waals surface area contributed by atoms with Gasteiger partial charge in [-0.2, -0.15) is 0 Å². The average molecular weight is 609 g/mol. The van der Waals surface area contributed by atoms with Crippen molar-refractivity contribution in [3.63, 3.8) is 0 Å². The van der Waals surface area contributed by atoms with Gasteiger partial charge in [-0.15, -0.1) is 23.5 Å². The molecule has 0 radical (unpaired) electrons. The number of thioether (sulfide) groups is 2. The van der Waals surface area contributed by atoms with E-state index in [9.17, 15) is 0 Å². The first-order chi connectivity index (χ1) is 20.6. The second-order valence-electron chi connectivity index (χ2n) is 10.8. The summed E-state index contributed by atoms with van der Waals surface area (Å²) >= 11 is 3.41. The summed E-state index contributed by atoms with van der Waals surface area (Å²) in [6, 6.07) is 15.3. The molecule has 1 aliphatic carbocycles. The van der Waals surface area contributed by atoms with Crippen LogP contribution in [0.15, 0.2) is 52.5 Å². The van der Waals surface area contributed by atoms with Crippen molar-refractivity contribution in [1.29, 1.82) is 0 Å². The summed E-state index contributed by atoms with van der Waals surface area (Å²) in [5.74, 6) is 4.22. The van der Waals surface area contributed by atoms with E-state index in [1.165, 1.54) is 5.56 Å². The van der Waals surface area contributed by atoms with Gasteiger partial charge in [0.25, 0.3) is 0 Å². The van der Waals surface area contributed by atoms with Crippen LogP contribution in [0.5, 0.6) is 0 Å². The van der Waals surface area contributed by atoms with Crippen LogP contribution in [0.2, 0.25) is 0 Å². The summed E-state index contributed by atoms with van der Waals surface area (Å²) in [5.41, 5.74) is 15.3. The number of nitrogens with one attached hydrogen (secondary N) is 2. The molecule has 1 saturated carbocycles. The molecule has 0 saturated heterocycles. The Hall–Kier alpha value is -2.40. The molecule has 2 heterocycles. The molecular formula is C32H48N8S2. The van der Waals surface area contributed by atoms with Gasteiger partial charge in [0.15, 0.2) is 0 Å². The SMILES string of the molecule is CCCCNc1nc(SCCN)cc(C2C(CC)C(c3cc(SCCN)nc(NCCCC)n3)C2c2ccccc2)n1. The van der Waals surface area contributed by atoms with Crippen LogP contribution in [0.1, 0.15) is 87.6 Å². The molecule has 10 heteroatoms. The van der Waals surface area contributed by atoms with Crippen LogP contribution in [-0.4, -0.2) is 57.6 Å². The smallest absolute Gasteiger partial charge is 0.223 e. The summed E-state index contributed by atoms with van der Waals surface area (Å²) in [4.78, 5) is 19.9. The molecule has 2 unspecified atom stereocenters. The van der Waals surface area contributed by atoms with Crippen molar-refractivity contribution < 1.29 is 0 Å². The van der Waals surface area contributed by atoms with Gasteiger partial charge in [0, 0.05) is 55.4 Å². The molecular weight excluding hydrogens is 561 g/mol. The van der Waals surface area contributed by atoms with Crippen LogP contribution in [0.4, 0.5) is 11.9 Å². The minimum Gasteiger partial charge on any atom is -0.354 e. The second-order valence-corrected chi connectivity index (χ2v) is 13.0. The Morgan fingerprint density at radius 1 is 0.690 bits per heavy atom. The highest BCUT2D eigenvalue weighted by molar-refractivity contribution is 7.99. The Morgan fingerprint density at radius 3 is 1.62 bits per heavy atom. The predicted octanol–water partition coefficient (Wildman–Crippen LogP) is 6.48. The normalized spacial score (nSPS) is 19.8. The first kappa shape index (κ1) is 32.5. The van der Waals surface area contributed by atoms with Crippen LogP contribution in [0.3, 0.4) is 0 Å². The van der Waals surface area contributed by atoms with Crippen molar-refractivity contribution >= 4 is 35.4 Å². The maximum Gasteiger partial charge on any atom is 0.223 e.